The third-order valence-corrected chi connectivity index (χ3v) is 4.70. The van der Waals surface area contributed by atoms with Crippen LogP contribution in [0.2, 0.25) is 0 Å². The van der Waals surface area contributed by atoms with Gasteiger partial charge in [0, 0.05) is 16.5 Å². The lowest BCUT2D eigenvalue weighted by Gasteiger charge is -2.09. The number of carbonyl (C=O) groups excluding carboxylic acids is 1. The van der Waals surface area contributed by atoms with Crippen LogP contribution in [0.5, 0.6) is 0 Å². The van der Waals surface area contributed by atoms with Crippen LogP contribution < -0.4 is 11.1 Å². The molecule has 2 aromatic carbocycles. The molecule has 0 aliphatic carbocycles. The summed E-state index contributed by atoms with van der Waals surface area (Å²) in [6, 6.07) is 12.6. The highest BCUT2D eigenvalue weighted by Gasteiger charge is 2.23. The first-order chi connectivity index (χ1) is 11.7. The van der Waals surface area contributed by atoms with E-state index in [2.05, 4.69) is 47.6 Å². The average Bonchev–Trinajstić information content (AvgIpc) is 2.84. The van der Waals surface area contributed by atoms with Crippen LogP contribution in [-0.2, 0) is 17.6 Å². The SMILES string of the molecule is Cc1ccc2[nH]c3c(c2c1)CC(=O)Nc1ccc(CCCN)cc1-3. The number of rotatable bonds is 3. The molecule has 4 N–H and O–H groups in total. The second kappa shape index (κ2) is 5.80. The maximum absolute atomic E-state index is 12.4. The number of aromatic nitrogens is 1. The number of carbonyl (C=O) groups is 1. The van der Waals surface area contributed by atoms with Gasteiger partial charge in [0.05, 0.1) is 17.8 Å². The summed E-state index contributed by atoms with van der Waals surface area (Å²) in [6.45, 7) is 2.76. The Kier molecular flexibility index (Phi) is 3.62. The summed E-state index contributed by atoms with van der Waals surface area (Å²) in [4.78, 5) is 15.9. The Morgan fingerprint density at radius 2 is 2.04 bits per heavy atom. The molecule has 0 radical (unpaired) electrons. The normalized spacial score (nSPS) is 13.3. The molecule has 1 amide bonds. The first-order valence-electron chi connectivity index (χ1n) is 8.40. The van der Waals surface area contributed by atoms with Gasteiger partial charge in [0.25, 0.3) is 0 Å². The highest BCUT2D eigenvalue weighted by Crippen LogP contribution is 2.38. The Labute approximate surface area is 141 Å². The number of nitrogens with one attached hydrogen (secondary N) is 2. The molecule has 122 valence electrons. The van der Waals surface area contributed by atoms with E-state index >= 15 is 0 Å². The highest BCUT2D eigenvalue weighted by atomic mass is 16.1. The Bertz CT molecular complexity index is 939. The van der Waals surface area contributed by atoms with Crippen LogP contribution in [0.25, 0.3) is 22.2 Å². The van der Waals surface area contributed by atoms with Crippen molar-refractivity contribution in [3.05, 3.63) is 53.1 Å². The second-order valence-corrected chi connectivity index (χ2v) is 6.52. The summed E-state index contributed by atoms with van der Waals surface area (Å²) < 4.78 is 0. The standard InChI is InChI=1S/C20H21N3O/c1-12-4-6-17-14(9-12)15-11-19(24)22-18-7-5-13(3-2-8-21)10-16(18)20(15)23-17/h4-7,9-10,23H,2-3,8,11,21H2,1H3,(H,22,24). The lowest BCUT2D eigenvalue weighted by molar-refractivity contribution is -0.115. The highest BCUT2D eigenvalue weighted by molar-refractivity contribution is 6.05. The fourth-order valence-corrected chi connectivity index (χ4v) is 3.50. The number of nitrogens with two attached hydrogens (primary N) is 1. The van der Waals surface area contributed by atoms with Gasteiger partial charge in [0.15, 0.2) is 0 Å². The number of aromatic amines is 1. The summed E-state index contributed by atoms with van der Waals surface area (Å²) in [7, 11) is 0. The number of anilines is 1. The molecule has 4 rings (SSSR count). The molecule has 4 heteroatoms. The van der Waals surface area contributed by atoms with Gasteiger partial charge in [0.1, 0.15) is 0 Å². The lowest BCUT2D eigenvalue weighted by Crippen LogP contribution is -2.12. The maximum atomic E-state index is 12.4. The number of hydrogen-bond acceptors (Lipinski definition) is 2. The van der Waals surface area contributed by atoms with Crippen LogP contribution in [-0.4, -0.2) is 17.4 Å². The van der Waals surface area contributed by atoms with Gasteiger partial charge in [0.2, 0.25) is 5.91 Å². The smallest absolute Gasteiger partial charge is 0.228 e. The van der Waals surface area contributed by atoms with Gasteiger partial charge >= 0.3 is 0 Å². The minimum atomic E-state index is 0.0344. The number of hydrogen-bond donors (Lipinski definition) is 3. The van der Waals surface area contributed by atoms with Crippen molar-refractivity contribution in [1.82, 2.24) is 4.98 Å². The van der Waals surface area contributed by atoms with Crippen molar-refractivity contribution in [2.45, 2.75) is 26.2 Å². The zero-order valence-corrected chi connectivity index (χ0v) is 13.8. The molecule has 0 unspecified atom stereocenters. The molecule has 24 heavy (non-hydrogen) atoms. The monoisotopic (exact) mass is 319 g/mol. The molecule has 4 nitrogen and oxygen atoms in total. The van der Waals surface area contributed by atoms with Crippen molar-refractivity contribution < 1.29 is 4.79 Å². The van der Waals surface area contributed by atoms with E-state index in [1.807, 2.05) is 6.07 Å². The Balaban J connectivity index is 1.93. The van der Waals surface area contributed by atoms with Gasteiger partial charge in [-0.2, -0.15) is 0 Å². The molecule has 1 aromatic heterocycles. The quantitative estimate of drug-likeness (QED) is 0.691. The second-order valence-electron chi connectivity index (χ2n) is 6.52. The molecule has 1 aliphatic heterocycles. The van der Waals surface area contributed by atoms with Crippen LogP contribution in [0, 0.1) is 6.92 Å². The maximum Gasteiger partial charge on any atom is 0.228 e. The predicted molar refractivity (Wildman–Crippen MR) is 98.2 cm³/mol. The minimum absolute atomic E-state index is 0.0344. The molecule has 1 aliphatic rings. The molecule has 0 bridgehead atoms. The summed E-state index contributed by atoms with van der Waals surface area (Å²) in [5.41, 5.74) is 13.2. The van der Waals surface area contributed by atoms with E-state index < -0.39 is 0 Å². The van der Waals surface area contributed by atoms with Gasteiger partial charge in [-0.3, -0.25) is 4.79 Å². The van der Waals surface area contributed by atoms with E-state index in [1.54, 1.807) is 0 Å². The van der Waals surface area contributed by atoms with Gasteiger partial charge in [-0.15, -0.1) is 0 Å². The summed E-state index contributed by atoms with van der Waals surface area (Å²) in [5.74, 6) is 0.0344. The van der Waals surface area contributed by atoms with Crippen LogP contribution in [0.3, 0.4) is 0 Å². The molecular weight excluding hydrogens is 298 g/mol. The van der Waals surface area contributed by atoms with Crippen molar-refractivity contribution in [2.24, 2.45) is 5.73 Å². The Hall–Kier alpha value is -2.59. The van der Waals surface area contributed by atoms with E-state index in [4.69, 9.17) is 5.73 Å². The first-order valence-corrected chi connectivity index (χ1v) is 8.40. The first kappa shape index (κ1) is 15.0. The van der Waals surface area contributed by atoms with Crippen LogP contribution in [0.4, 0.5) is 5.69 Å². The third-order valence-electron chi connectivity index (χ3n) is 4.70. The number of H-pyrrole nitrogens is 1. The average molecular weight is 319 g/mol. The van der Waals surface area contributed by atoms with Crippen molar-refractivity contribution in [1.29, 1.82) is 0 Å². The van der Waals surface area contributed by atoms with Crippen molar-refractivity contribution in [3.63, 3.8) is 0 Å². The summed E-state index contributed by atoms with van der Waals surface area (Å²) in [5, 5.41) is 4.17. The van der Waals surface area contributed by atoms with Crippen molar-refractivity contribution in [3.8, 4) is 11.3 Å². The fraction of sp³-hybridized carbons (Fsp3) is 0.250. The third kappa shape index (κ3) is 2.49. The molecule has 3 aromatic rings. The van der Waals surface area contributed by atoms with E-state index in [0.717, 1.165) is 46.3 Å². The summed E-state index contributed by atoms with van der Waals surface area (Å²) in [6.07, 6.45) is 2.31. The topological polar surface area (TPSA) is 70.9 Å². The van der Waals surface area contributed by atoms with E-state index in [0.29, 0.717) is 13.0 Å². The lowest BCUT2D eigenvalue weighted by atomic mass is 9.99. The number of benzene rings is 2. The number of amides is 1. The summed E-state index contributed by atoms with van der Waals surface area (Å²) >= 11 is 0. The predicted octanol–water partition coefficient (Wildman–Crippen LogP) is 3.53. The van der Waals surface area contributed by atoms with E-state index in [-0.39, 0.29) is 5.91 Å². The Morgan fingerprint density at radius 3 is 2.88 bits per heavy atom. The molecule has 2 heterocycles. The van der Waals surface area contributed by atoms with Gasteiger partial charge in [-0.05, 0) is 61.7 Å². The molecule has 0 fully saturated rings. The molecular formula is C20H21N3O. The molecule has 0 saturated carbocycles. The minimum Gasteiger partial charge on any atom is -0.354 e. The van der Waals surface area contributed by atoms with E-state index in [1.165, 1.54) is 11.1 Å². The largest absolute Gasteiger partial charge is 0.354 e. The zero-order chi connectivity index (χ0) is 16.7. The zero-order valence-electron chi connectivity index (χ0n) is 13.8. The van der Waals surface area contributed by atoms with Crippen LogP contribution >= 0.6 is 0 Å². The van der Waals surface area contributed by atoms with Gasteiger partial charge in [-0.1, -0.05) is 17.7 Å². The van der Waals surface area contributed by atoms with Crippen molar-refractivity contribution >= 4 is 22.5 Å². The van der Waals surface area contributed by atoms with Crippen molar-refractivity contribution in [2.75, 3.05) is 11.9 Å². The van der Waals surface area contributed by atoms with Gasteiger partial charge in [-0.25, -0.2) is 0 Å². The number of fused-ring (bicyclic) bond motifs is 5. The molecule has 0 spiro atoms. The van der Waals surface area contributed by atoms with Gasteiger partial charge < -0.3 is 16.0 Å². The van der Waals surface area contributed by atoms with Crippen LogP contribution in [0.1, 0.15) is 23.1 Å². The fourth-order valence-electron chi connectivity index (χ4n) is 3.50. The van der Waals surface area contributed by atoms with Crippen LogP contribution in [0.15, 0.2) is 36.4 Å². The Morgan fingerprint density at radius 1 is 1.17 bits per heavy atom. The molecule has 0 saturated heterocycles. The molecule has 0 atom stereocenters. The number of aryl methyl sites for hydroxylation is 2. The van der Waals surface area contributed by atoms with E-state index in [9.17, 15) is 4.79 Å².